The van der Waals surface area contributed by atoms with E-state index in [4.69, 9.17) is 9.47 Å². The first-order chi connectivity index (χ1) is 43.5. The van der Waals surface area contributed by atoms with Crippen LogP contribution in [0.1, 0.15) is 260 Å². The summed E-state index contributed by atoms with van der Waals surface area (Å²) in [4.78, 5) is 0. The predicted molar refractivity (Wildman–Crippen MR) is 391 cm³/mol. The highest BCUT2D eigenvalue weighted by atomic mass is 16.5. The van der Waals surface area contributed by atoms with Gasteiger partial charge in [0, 0.05) is 11.1 Å². The molecule has 0 atom stereocenters. The largest absolute Gasteiger partial charge is 0.493 e. The van der Waals surface area contributed by atoms with E-state index in [0.717, 1.165) is 57.7 Å². The Morgan fingerprint density at radius 1 is 0.227 bits per heavy atom. The molecular weight excluding hydrogens is 1060 g/mol. The maximum absolute atomic E-state index is 6.74. The molecule has 0 N–H and O–H groups in total. The molecule has 88 heavy (non-hydrogen) atoms. The van der Waals surface area contributed by atoms with Gasteiger partial charge in [-0.2, -0.15) is 0 Å². The minimum atomic E-state index is 0.681. The third-order valence-electron chi connectivity index (χ3n) is 16.7. The fourth-order valence-electron chi connectivity index (χ4n) is 11.2. The van der Waals surface area contributed by atoms with E-state index in [1.165, 1.54) is 199 Å². The van der Waals surface area contributed by atoms with Crippen molar-refractivity contribution in [3.05, 3.63) is 236 Å². The first-order valence-corrected chi connectivity index (χ1v) is 34.6. The predicted octanol–water partition coefficient (Wildman–Crippen LogP) is 26.0. The molecule has 0 saturated carbocycles. The number of benzene rings is 7. The molecule has 7 aromatic rings. The summed E-state index contributed by atoms with van der Waals surface area (Å²) in [5.41, 5.74) is 16.7. The van der Waals surface area contributed by atoms with Crippen molar-refractivity contribution in [2.24, 2.45) is 0 Å². The van der Waals surface area contributed by atoms with Crippen LogP contribution in [0.3, 0.4) is 0 Å². The van der Waals surface area contributed by atoms with E-state index in [-0.39, 0.29) is 0 Å². The molecule has 0 aromatic heterocycles. The molecule has 0 saturated heterocycles. The second kappa shape index (κ2) is 41.7. The zero-order chi connectivity index (χ0) is 61.3. The average Bonchev–Trinajstić information content (AvgIpc) is 3.76. The second-order valence-electron chi connectivity index (χ2n) is 24.4. The molecule has 0 bridgehead atoms. The lowest BCUT2D eigenvalue weighted by Crippen LogP contribution is -2.03. The average molecular weight is 1170 g/mol. The third kappa shape index (κ3) is 26.9. The summed E-state index contributed by atoms with van der Waals surface area (Å²) >= 11 is 0. The standard InChI is InChI=1S/C86H106O2/c1-5-9-13-17-21-25-31-71-37-41-73(42-38-71)45-47-75-49-53-77(54-50-75)57-59-79-33-29-35-81(67-79)61-63-83-69-86(88-66-28-24-20-16-12-8-4)84(70-85(83)87-65-27-23-19-15-11-7-3)64-62-82-36-30-34-80(68-82)60-58-78-55-51-76(52-56-78)48-46-74-43-39-72(40-44-74)32-26-22-18-14-10-6-2/h29-30,33-64,67-70H,5-28,31-32,65-66H2,1-4H3/b47-45+,48-46+,59-57+,60-58+,63-61+,64-62+. The van der Waals surface area contributed by atoms with Crippen LogP contribution in [0, 0.1) is 0 Å². The fraction of sp³-hybridized carbons (Fsp3) is 0.372. The van der Waals surface area contributed by atoms with Crippen LogP contribution < -0.4 is 9.47 Å². The maximum atomic E-state index is 6.74. The number of hydrogen-bond donors (Lipinski definition) is 0. The van der Waals surface area contributed by atoms with Crippen molar-refractivity contribution < 1.29 is 9.47 Å². The van der Waals surface area contributed by atoms with Crippen LogP contribution in [0.4, 0.5) is 0 Å². The molecule has 0 aliphatic rings. The van der Waals surface area contributed by atoms with Crippen molar-refractivity contribution in [3.8, 4) is 11.5 Å². The molecule has 2 nitrogen and oxygen atoms in total. The van der Waals surface area contributed by atoms with Crippen LogP contribution in [0.25, 0.3) is 72.9 Å². The summed E-state index contributed by atoms with van der Waals surface area (Å²) in [6.07, 6.45) is 59.5. The Balaban J connectivity index is 1.01. The van der Waals surface area contributed by atoms with Crippen molar-refractivity contribution in [2.75, 3.05) is 13.2 Å². The monoisotopic (exact) mass is 1170 g/mol. The summed E-state index contributed by atoms with van der Waals surface area (Å²) in [5, 5.41) is 0. The van der Waals surface area contributed by atoms with Gasteiger partial charge in [-0.3, -0.25) is 0 Å². The van der Waals surface area contributed by atoms with Gasteiger partial charge in [0.1, 0.15) is 11.5 Å². The quantitative estimate of drug-likeness (QED) is 0.0280. The van der Waals surface area contributed by atoms with Crippen molar-refractivity contribution in [1.82, 2.24) is 0 Å². The minimum Gasteiger partial charge on any atom is -0.493 e. The van der Waals surface area contributed by atoms with E-state index >= 15 is 0 Å². The Labute approximate surface area is 534 Å². The zero-order valence-electron chi connectivity index (χ0n) is 54.6. The molecule has 0 heterocycles. The summed E-state index contributed by atoms with van der Waals surface area (Å²) in [7, 11) is 0. The molecule has 0 unspecified atom stereocenters. The molecular formula is C86H106O2. The molecule has 0 amide bonds. The Bertz CT molecular complexity index is 2980. The Morgan fingerprint density at radius 3 is 0.761 bits per heavy atom. The van der Waals surface area contributed by atoms with E-state index < -0.39 is 0 Å². The van der Waals surface area contributed by atoms with Gasteiger partial charge in [0.25, 0.3) is 0 Å². The number of unbranched alkanes of at least 4 members (excludes halogenated alkanes) is 20. The van der Waals surface area contributed by atoms with E-state index in [1.54, 1.807) is 0 Å². The highest BCUT2D eigenvalue weighted by Gasteiger charge is 2.11. The number of rotatable bonds is 42. The van der Waals surface area contributed by atoms with Crippen molar-refractivity contribution in [1.29, 1.82) is 0 Å². The molecule has 0 aliphatic carbocycles. The molecule has 7 aromatic carbocycles. The summed E-state index contributed by atoms with van der Waals surface area (Å²) in [6, 6.07) is 57.7. The van der Waals surface area contributed by atoms with E-state index in [9.17, 15) is 0 Å². The molecule has 7 rings (SSSR count). The Kier molecular flexibility index (Phi) is 32.2. The minimum absolute atomic E-state index is 0.681. The zero-order valence-corrected chi connectivity index (χ0v) is 54.6. The van der Waals surface area contributed by atoms with Gasteiger partial charge in [-0.05, 0) is 130 Å². The lowest BCUT2D eigenvalue weighted by molar-refractivity contribution is 0.295. The van der Waals surface area contributed by atoms with Crippen LogP contribution in [-0.2, 0) is 12.8 Å². The highest BCUT2D eigenvalue weighted by molar-refractivity contribution is 5.81. The van der Waals surface area contributed by atoms with E-state index in [2.05, 4.69) is 258 Å². The third-order valence-corrected chi connectivity index (χ3v) is 16.7. The smallest absolute Gasteiger partial charge is 0.127 e. The molecule has 0 fully saturated rings. The van der Waals surface area contributed by atoms with E-state index in [1.807, 2.05) is 0 Å². The topological polar surface area (TPSA) is 18.5 Å². The Morgan fingerprint density at radius 2 is 0.466 bits per heavy atom. The molecule has 0 spiro atoms. The van der Waals surface area contributed by atoms with E-state index in [0.29, 0.717) is 13.2 Å². The van der Waals surface area contributed by atoms with Gasteiger partial charge in [-0.15, -0.1) is 0 Å². The summed E-state index contributed by atoms with van der Waals surface area (Å²) < 4.78 is 13.5. The highest BCUT2D eigenvalue weighted by Crippen LogP contribution is 2.33. The molecule has 0 aliphatic heterocycles. The maximum Gasteiger partial charge on any atom is 0.127 e. The van der Waals surface area contributed by atoms with Crippen LogP contribution >= 0.6 is 0 Å². The van der Waals surface area contributed by atoms with Crippen LogP contribution in [0.5, 0.6) is 11.5 Å². The summed E-state index contributed by atoms with van der Waals surface area (Å²) in [6.45, 7) is 10.5. The lowest BCUT2D eigenvalue weighted by Gasteiger charge is -2.16. The SMILES string of the molecule is CCCCCCCCOc1cc(/C=C/c2cccc(/C=C/c3ccc(/C=C/c4ccc(CCCCCCCC)cc4)cc3)c2)c(OCCCCCCCC)cc1/C=C/c1cccc(/C=C/c2ccc(/C=C/c3ccc(CCCCCCCC)cc3)cc2)c1. The number of hydrogen-bond acceptors (Lipinski definition) is 2. The first kappa shape index (κ1) is 68.1. The van der Waals surface area contributed by atoms with Gasteiger partial charge < -0.3 is 9.47 Å². The first-order valence-electron chi connectivity index (χ1n) is 34.6. The number of ether oxygens (including phenoxy) is 2. The lowest BCUT2D eigenvalue weighted by atomic mass is 10.0. The fourth-order valence-corrected chi connectivity index (χ4v) is 11.2. The van der Waals surface area contributed by atoms with Gasteiger partial charge >= 0.3 is 0 Å². The Hall–Kier alpha value is -7.42. The molecule has 2 heteroatoms. The second-order valence-corrected chi connectivity index (χ2v) is 24.4. The van der Waals surface area contributed by atoms with Crippen molar-refractivity contribution in [3.63, 3.8) is 0 Å². The van der Waals surface area contributed by atoms with Gasteiger partial charge in [-0.1, -0.05) is 362 Å². The molecule has 462 valence electrons. The number of aryl methyl sites for hydroxylation is 2. The van der Waals surface area contributed by atoms with Crippen LogP contribution in [0.2, 0.25) is 0 Å². The van der Waals surface area contributed by atoms with Crippen molar-refractivity contribution in [2.45, 2.75) is 195 Å². The van der Waals surface area contributed by atoms with Gasteiger partial charge in [0.15, 0.2) is 0 Å². The molecule has 0 radical (unpaired) electrons. The van der Waals surface area contributed by atoms with Crippen molar-refractivity contribution >= 4 is 72.9 Å². The van der Waals surface area contributed by atoms with Crippen LogP contribution in [-0.4, -0.2) is 13.2 Å². The van der Waals surface area contributed by atoms with Gasteiger partial charge in [-0.25, -0.2) is 0 Å². The van der Waals surface area contributed by atoms with Gasteiger partial charge in [0.2, 0.25) is 0 Å². The normalized spacial score (nSPS) is 12.0. The van der Waals surface area contributed by atoms with Gasteiger partial charge in [0.05, 0.1) is 13.2 Å². The van der Waals surface area contributed by atoms with Crippen LogP contribution in [0.15, 0.2) is 158 Å². The summed E-state index contributed by atoms with van der Waals surface area (Å²) in [5.74, 6) is 1.77.